The molecule has 0 aliphatic heterocycles. The van der Waals surface area contributed by atoms with Crippen molar-refractivity contribution in [1.82, 2.24) is 4.98 Å². The zero-order valence-corrected chi connectivity index (χ0v) is 9.02. The van der Waals surface area contributed by atoms with Gasteiger partial charge in [0, 0.05) is 11.8 Å². The maximum Gasteiger partial charge on any atom is 0.130 e. The number of rotatable bonds is 1. The highest BCUT2D eigenvalue weighted by Crippen LogP contribution is 2.33. The van der Waals surface area contributed by atoms with Gasteiger partial charge >= 0.3 is 0 Å². The average molecular weight is 229 g/mol. The third-order valence-electron chi connectivity index (χ3n) is 2.30. The van der Waals surface area contributed by atoms with E-state index in [1.165, 1.54) is 0 Å². The molecule has 1 aliphatic rings. The van der Waals surface area contributed by atoms with Gasteiger partial charge in [0.1, 0.15) is 5.82 Å². The quantitative estimate of drug-likeness (QED) is 0.751. The molecule has 1 aromatic heterocycles. The summed E-state index contributed by atoms with van der Waals surface area (Å²) in [4.78, 5) is 4.01. The molecule has 1 aromatic rings. The van der Waals surface area contributed by atoms with Crippen LogP contribution in [0.4, 0.5) is 5.82 Å². The lowest BCUT2D eigenvalue weighted by atomic mass is 10.1. The topological polar surface area (TPSA) is 38.9 Å². The summed E-state index contributed by atoms with van der Waals surface area (Å²) >= 11 is 11.8. The summed E-state index contributed by atoms with van der Waals surface area (Å²) in [6.07, 6.45) is 5.47. The molecule has 0 radical (unpaired) electrons. The van der Waals surface area contributed by atoms with Gasteiger partial charge in [-0.25, -0.2) is 4.98 Å². The average Bonchev–Trinajstić information content (AvgIpc) is 2.56. The maximum atomic E-state index is 5.98. The number of nitrogens with zero attached hydrogens (tertiary/aromatic N) is 1. The van der Waals surface area contributed by atoms with Crippen LogP contribution < -0.4 is 5.73 Å². The normalized spacial score (nSPS) is 21.0. The predicted molar refractivity (Wildman–Crippen MR) is 60.5 cm³/mol. The van der Waals surface area contributed by atoms with Crippen LogP contribution >= 0.6 is 23.2 Å². The second kappa shape index (κ2) is 3.79. The number of pyridine rings is 1. The van der Waals surface area contributed by atoms with Gasteiger partial charge in [-0.2, -0.15) is 0 Å². The molecule has 2 nitrogen and oxygen atoms in total. The maximum absolute atomic E-state index is 5.98. The van der Waals surface area contributed by atoms with E-state index in [1.807, 2.05) is 12.1 Å². The van der Waals surface area contributed by atoms with E-state index in [4.69, 9.17) is 28.9 Å². The van der Waals surface area contributed by atoms with Crippen molar-refractivity contribution in [2.24, 2.45) is 0 Å². The Kier molecular flexibility index (Phi) is 2.66. The highest BCUT2D eigenvalue weighted by molar-refractivity contribution is 6.30. The van der Waals surface area contributed by atoms with Crippen LogP contribution in [-0.2, 0) is 0 Å². The summed E-state index contributed by atoms with van der Waals surface area (Å²) in [6, 6.07) is 1.84. The fourth-order valence-electron chi connectivity index (χ4n) is 1.61. The van der Waals surface area contributed by atoms with Crippen LogP contribution in [-0.4, -0.2) is 10.4 Å². The second-order valence-electron chi connectivity index (χ2n) is 3.33. The van der Waals surface area contributed by atoms with Crippen LogP contribution in [0, 0.1) is 0 Å². The van der Waals surface area contributed by atoms with Crippen molar-refractivity contribution in [2.75, 3.05) is 5.73 Å². The van der Waals surface area contributed by atoms with Gasteiger partial charge in [-0.3, -0.25) is 0 Å². The standard InChI is InChI=1S/C10H10Cl2N2/c11-7-2-1-6(3-7)9-4-8(12)5-14-10(9)13/h3-5,7H,1-2H2,(H2,13,14). The zero-order chi connectivity index (χ0) is 10.1. The molecule has 1 aliphatic carbocycles. The SMILES string of the molecule is Nc1ncc(Cl)cc1C1=CC(Cl)CC1. The zero-order valence-electron chi connectivity index (χ0n) is 7.50. The van der Waals surface area contributed by atoms with E-state index < -0.39 is 0 Å². The van der Waals surface area contributed by atoms with E-state index >= 15 is 0 Å². The molecule has 0 amide bonds. The molecule has 4 heteroatoms. The van der Waals surface area contributed by atoms with E-state index in [9.17, 15) is 0 Å². The largest absolute Gasteiger partial charge is 0.383 e. The van der Waals surface area contributed by atoms with Crippen LogP contribution in [0.15, 0.2) is 18.3 Å². The van der Waals surface area contributed by atoms with Crippen LogP contribution in [0.3, 0.4) is 0 Å². The fraction of sp³-hybridized carbons (Fsp3) is 0.300. The first-order chi connectivity index (χ1) is 6.66. The molecule has 0 bridgehead atoms. The van der Waals surface area contributed by atoms with Crippen molar-refractivity contribution in [1.29, 1.82) is 0 Å². The summed E-state index contributed by atoms with van der Waals surface area (Å²) in [5.74, 6) is 0.520. The van der Waals surface area contributed by atoms with Crippen LogP contribution in [0.5, 0.6) is 0 Å². The smallest absolute Gasteiger partial charge is 0.130 e. The van der Waals surface area contributed by atoms with Crippen molar-refractivity contribution in [3.63, 3.8) is 0 Å². The highest BCUT2D eigenvalue weighted by atomic mass is 35.5. The summed E-state index contributed by atoms with van der Waals surface area (Å²) in [5, 5.41) is 0.719. The van der Waals surface area contributed by atoms with Gasteiger partial charge in [-0.1, -0.05) is 17.7 Å². The Bertz CT molecular complexity index is 388. The summed E-state index contributed by atoms with van der Waals surface area (Å²) in [7, 11) is 0. The van der Waals surface area contributed by atoms with Crippen LogP contribution in [0.25, 0.3) is 5.57 Å². The third kappa shape index (κ3) is 1.86. The molecule has 2 N–H and O–H groups in total. The van der Waals surface area contributed by atoms with E-state index in [1.54, 1.807) is 6.20 Å². The summed E-state index contributed by atoms with van der Waals surface area (Å²) in [5.41, 5.74) is 7.83. The number of hydrogen-bond acceptors (Lipinski definition) is 2. The van der Waals surface area contributed by atoms with E-state index in [2.05, 4.69) is 4.98 Å². The number of allylic oxidation sites excluding steroid dienone is 2. The Balaban J connectivity index is 2.41. The molecule has 1 heterocycles. The van der Waals surface area contributed by atoms with Gasteiger partial charge in [0.05, 0.1) is 10.4 Å². The Morgan fingerprint density at radius 1 is 1.50 bits per heavy atom. The molecule has 0 aromatic carbocycles. The predicted octanol–water partition coefficient (Wildman–Crippen LogP) is 3.10. The first kappa shape index (κ1) is 9.81. The molecule has 1 unspecified atom stereocenters. The number of hydrogen-bond donors (Lipinski definition) is 1. The van der Waals surface area contributed by atoms with Crippen molar-refractivity contribution in [3.8, 4) is 0 Å². The second-order valence-corrected chi connectivity index (χ2v) is 4.33. The van der Waals surface area contributed by atoms with Gasteiger partial charge < -0.3 is 5.73 Å². The molecule has 1 atom stereocenters. The molecular formula is C10H10Cl2N2. The number of anilines is 1. The highest BCUT2D eigenvalue weighted by Gasteiger charge is 2.16. The number of nitrogens with two attached hydrogens (primary N) is 1. The van der Waals surface area contributed by atoms with Crippen LogP contribution in [0.2, 0.25) is 5.02 Å². The number of alkyl halides is 1. The molecule has 74 valence electrons. The molecule has 0 saturated heterocycles. The molecule has 0 fully saturated rings. The van der Waals surface area contributed by atoms with E-state index in [-0.39, 0.29) is 5.38 Å². The first-order valence-corrected chi connectivity index (χ1v) is 5.24. The van der Waals surface area contributed by atoms with Crippen molar-refractivity contribution >= 4 is 34.6 Å². The van der Waals surface area contributed by atoms with E-state index in [0.29, 0.717) is 10.8 Å². The minimum atomic E-state index is 0.114. The third-order valence-corrected chi connectivity index (χ3v) is 2.85. The van der Waals surface area contributed by atoms with Crippen molar-refractivity contribution in [2.45, 2.75) is 18.2 Å². The number of halogens is 2. The molecular weight excluding hydrogens is 219 g/mol. The lowest BCUT2D eigenvalue weighted by molar-refractivity contribution is 0.941. The van der Waals surface area contributed by atoms with Crippen molar-refractivity contribution < 1.29 is 0 Å². The number of nitrogen functional groups attached to an aromatic ring is 1. The first-order valence-electron chi connectivity index (χ1n) is 4.43. The van der Waals surface area contributed by atoms with Crippen molar-refractivity contribution in [3.05, 3.63) is 28.9 Å². The lowest BCUT2D eigenvalue weighted by Gasteiger charge is -2.05. The lowest BCUT2D eigenvalue weighted by Crippen LogP contribution is -1.95. The van der Waals surface area contributed by atoms with Crippen LogP contribution in [0.1, 0.15) is 18.4 Å². The van der Waals surface area contributed by atoms with E-state index in [0.717, 1.165) is 24.0 Å². The minimum absolute atomic E-state index is 0.114. The van der Waals surface area contributed by atoms with Gasteiger partial charge in [0.15, 0.2) is 0 Å². The Morgan fingerprint density at radius 2 is 2.29 bits per heavy atom. The Morgan fingerprint density at radius 3 is 2.93 bits per heavy atom. The summed E-state index contributed by atoms with van der Waals surface area (Å²) in [6.45, 7) is 0. The minimum Gasteiger partial charge on any atom is -0.383 e. The Hall–Kier alpha value is -0.730. The molecule has 2 rings (SSSR count). The van der Waals surface area contributed by atoms with Gasteiger partial charge in [-0.15, -0.1) is 11.6 Å². The molecule has 0 spiro atoms. The molecule has 0 saturated carbocycles. The molecule has 14 heavy (non-hydrogen) atoms. The van der Waals surface area contributed by atoms with Gasteiger partial charge in [-0.05, 0) is 24.5 Å². The fourth-order valence-corrected chi connectivity index (χ4v) is 2.03. The van der Waals surface area contributed by atoms with Gasteiger partial charge in [0.25, 0.3) is 0 Å². The van der Waals surface area contributed by atoms with Gasteiger partial charge in [0.2, 0.25) is 0 Å². The summed E-state index contributed by atoms with van der Waals surface area (Å²) < 4.78 is 0. The Labute approximate surface area is 92.7 Å². The number of aromatic nitrogens is 1. The monoisotopic (exact) mass is 228 g/mol.